The van der Waals surface area contributed by atoms with Crippen molar-refractivity contribution in [1.29, 1.82) is 0 Å². The molecule has 1 aromatic carbocycles. The van der Waals surface area contributed by atoms with Crippen LogP contribution in [0.15, 0.2) is 30.3 Å². The Morgan fingerprint density at radius 3 is 2.76 bits per heavy atom. The van der Waals surface area contributed by atoms with Crippen LogP contribution in [-0.2, 0) is 6.54 Å². The summed E-state index contributed by atoms with van der Waals surface area (Å²) in [6.45, 7) is 5.83. The molecule has 0 aliphatic heterocycles. The van der Waals surface area contributed by atoms with Gasteiger partial charge in [-0.05, 0) is 37.6 Å². The highest BCUT2D eigenvalue weighted by molar-refractivity contribution is 6.30. The number of nitrogens with one attached hydrogen (secondary N) is 1. The van der Waals surface area contributed by atoms with Crippen molar-refractivity contribution in [2.45, 2.75) is 26.8 Å². The van der Waals surface area contributed by atoms with Crippen LogP contribution < -0.4 is 10.1 Å². The van der Waals surface area contributed by atoms with Crippen LogP contribution in [0.1, 0.15) is 24.6 Å². The number of pyridine rings is 1. The van der Waals surface area contributed by atoms with E-state index in [0.29, 0.717) is 11.6 Å². The predicted octanol–water partition coefficient (Wildman–Crippen LogP) is 4.47. The first-order valence-corrected chi connectivity index (χ1v) is 7.28. The molecule has 0 aliphatic rings. The van der Waals surface area contributed by atoms with Crippen molar-refractivity contribution in [1.82, 2.24) is 10.3 Å². The van der Waals surface area contributed by atoms with E-state index in [4.69, 9.17) is 16.3 Å². The third kappa shape index (κ3) is 4.41. The Balaban J connectivity index is 2.07. The van der Waals surface area contributed by atoms with E-state index in [1.165, 1.54) is 18.2 Å². The highest BCUT2D eigenvalue weighted by Crippen LogP contribution is 2.25. The summed E-state index contributed by atoms with van der Waals surface area (Å²) in [5, 5.41) is 3.37. The number of aromatic nitrogens is 1. The number of rotatable bonds is 6. The summed E-state index contributed by atoms with van der Waals surface area (Å²) in [7, 11) is 0. The van der Waals surface area contributed by atoms with Crippen molar-refractivity contribution >= 4 is 11.6 Å². The number of halogens is 2. The average molecular weight is 309 g/mol. The Morgan fingerprint density at radius 2 is 2.10 bits per heavy atom. The van der Waals surface area contributed by atoms with Crippen molar-refractivity contribution in [3.63, 3.8) is 0 Å². The Labute approximate surface area is 129 Å². The second-order valence-electron chi connectivity index (χ2n) is 4.75. The first-order chi connectivity index (χ1) is 10.1. The molecular weight excluding hydrogens is 291 g/mol. The standard InChI is InChI=1S/C16H18ClFN2O/c1-3-8-19-10-12-4-7-16(20-11(12)2)21-13-5-6-15(18)14(17)9-13/h4-7,9,19H,3,8,10H2,1-2H3. The largest absolute Gasteiger partial charge is 0.439 e. The van der Waals surface area contributed by atoms with Crippen LogP contribution in [0.2, 0.25) is 5.02 Å². The second-order valence-corrected chi connectivity index (χ2v) is 5.16. The van der Waals surface area contributed by atoms with Gasteiger partial charge in [0.25, 0.3) is 0 Å². The molecule has 0 amide bonds. The Morgan fingerprint density at radius 1 is 1.29 bits per heavy atom. The molecule has 0 fully saturated rings. The molecule has 5 heteroatoms. The molecular formula is C16H18ClFN2O. The van der Waals surface area contributed by atoms with E-state index in [1.54, 1.807) is 6.07 Å². The van der Waals surface area contributed by atoms with Crippen molar-refractivity contribution in [2.24, 2.45) is 0 Å². The van der Waals surface area contributed by atoms with Crippen molar-refractivity contribution < 1.29 is 9.13 Å². The summed E-state index contributed by atoms with van der Waals surface area (Å²) in [5.74, 6) is 0.463. The number of aryl methyl sites for hydroxylation is 1. The highest BCUT2D eigenvalue weighted by Gasteiger charge is 2.06. The third-order valence-corrected chi connectivity index (χ3v) is 3.32. The fourth-order valence-electron chi connectivity index (χ4n) is 1.87. The Kier molecular flexibility index (Phi) is 5.53. The minimum absolute atomic E-state index is 0.0320. The lowest BCUT2D eigenvalue weighted by Crippen LogP contribution is -2.15. The predicted molar refractivity (Wildman–Crippen MR) is 82.5 cm³/mol. The number of benzene rings is 1. The summed E-state index contributed by atoms with van der Waals surface area (Å²) in [5.41, 5.74) is 2.04. The van der Waals surface area contributed by atoms with Gasteiger partial charge in [-0.2, -0.15) is 0 Å². The van der Waals surface area contributed by atoms with Gasteiger partial charge in [-0.25, -0.2) is 9.37 Å². The van der Waals surface area contributed by atoms with Crippen molar-refractivity contribution in [3.05, 3.63) is 52.4 Å². The monoisotopic (exact) mass is 308 g/mol. The molecule has 2 aromatic rings. The summed E-state index contributed by atoms with van der Waals surface area (Å²) >= 11 is 5.72. The van der Waals surface area contributed by atoms with Crippen LogP contribution in [0.5, 0.6) is 11.6 Å². The van der Waals surface area contributed by atoms with Gasteiger partial charge in [0, 0.05) is 24.4 Å². The van der Waals surface area contributed by atoms with Gasteiger partial charge >= 0.3 is 0 Å². The minimum atomic E-state index is -0.467. The number of hydrogen-bond acceptors (Lipinski definition) is 3. The van der Waals surface area contributed by atoms with Gasteiger partial charge in [0.2, 0.25) is 5.88 Å². The summed E-state index contributed by atoms with van der Waals surface area (Å²) in [6.07, 6.45) is 1.10. The second kappa shape index (κ2) is 7.38. The average Bonchev–Trinajstić information content (AvgIpc) is 2.45. The maximum atomic E-state index is 13.1. The van der Waals surface area contributed by atoms with Crippen LogP contribution in [0.4, 0.5) is 4.39 Å². The van der Waals surface area contributed by atoms with Crippen LogP contribution in [0, 0.1) is 12.7 Å². The minimum Gasteiger partial charge on any atom is -0.439 e. The molecule has 0 bridgehead atoms. The zero-order valence-corrected chi connectivity index (χ0v) is 12.9. The van der Waals surface area contributed by atoms with Gasteiger partial charge in [-0.3, -0.25) is 0 Å². The maximum Gasteiger partial charge on any atom is 0.219 e. The molecule has 2 rings (SSSR count). The molecule has 0 radical (unpaired) electrons. The fraction of sp³-hybridized carbons (Fsp3) is 0.312. The van der Waals surface area contributed by atoms with Crippen LogP contribution in [-0.4, -0.2) is 11.5 Å². The van der Waals surface area contributed by atoms with E-state index in [9.17, 15) is 4.39 Å². The van der Waals surface area contributed by atoms with Crippen LogP contribution in [0.25, 0.3) is 0 Å². The lowest BCUT2D eigenvalue weighted by molar-refractivity contribution is 0.459. The molecule has 0 atom stereocenters. The summed E-state index contributed by atoms with van der Waals surface area (Å²) < 4.78 is 18.7. The zero-order chi connectivity index (χ0) is 15.2. The van der Waals surface area contributed by atoms with Crippen LogP contribution in [0.3, 0.4) is 0 Å². The molecule has 1 aromatic heterocycles. The zero-order valence-electron chi connectivity index (χ0n) is 12.1. The molecule has 0 spiro atoms. The normalized spacial score (nSPS) is 10.7. The van der Waals surface area contributed by atoms with Gasteiger partial charge in [0.1, 0.15) is 11.6 Å². The molecule has 112 valence electrons. The first kappa shape index (κ1) is 15.7. The van der Waals surface area contributed by atoms with Gasteiger partial charge in [0.15, 0.2) is 0 Å². The van der Waals surface area contributed by atoms with Gasteiger partial charge < -0.3 is 10.1 Å². The van der Waals surface area contributed by atoms with Gasteiger partial charge in [-0.1, -0.05) is 24.6 Å². The van der Waals surface area contributed by atoms with E-state index in [0.717, 1.165) is 30.8 Å². The number of ether oxygens (including phenoxy) is 1. The Bertz CT molecular complexity index is 619. The molecule has 21 heavy (non-hydrogen) atoms. The van der Waals surface area contributed by atoms with Crippen LogP contribution >= 0.6 is 11.6 Å². The first-order valence-electron chi connectivity index (χ1n) is 6.90. The quantitative estimate of drug-likeness (QED) is 0.799. The van der Waals surface area contributed by atoms with E-state index in [2.05, 4.69) is 17.2 Å². The lowest BCUT2D eigenvalue weighted by atomic mass is 10.2. The van der Waals surface area contributed by atoms with Gasteiger partial charge in [0.05, 0.1) is 5.02 Å². The molecule has 1 heterocycles. The van der Waals surface area contributed by atoms with E-state index in [-0.39, 0.29) is 5.02 Å². The highest BCUT2D eigenvalue weighted by atomic mass is 35.5. The van der Waals surface area contributed by atoms with E-state index < -0.39 is 5.82 Å². The molecule has 3 nitrogen and oxygen atoms in total. The molecule has 0 saturated carbocycles. The topological polar surface area (TPSA) is 34.1 Å². The van der Waals surface area contributed by atoms with Crippen molar-refractivity contribution in [2.75, 3.05) is 6.54 Å². The summed E-state index contributed by atoms with van der Waals surface area (Å²) in [6, 6.07) is 8.01. The number of hydrogen-bond donors (Lipinski definition) is 1. The third-order valence-electron chi connectivity index (χ3n) is 3.03. The summed E-state index contributed by atoms with van der Waals surface area (Å²) in [4.78, 5) is 4.40. The van der Waals surface area contributed by atoms with E-state index in [1.807, 2.05) is 13.0 Å². The fourth-order valence-corrected chi connectivity index (χ4v) is 2.04. The molecule has 0 unspecified atom stereocenters. The molecule has 0 saturated heterocycles. The SMILES string of the molecule is CCCNCc1ccc(Oc2ccc(F)c(Cl)c2)nc1C. The van der Waals surface area contributed by atoms with E-state index >= 15 is 0 Å². The number of nitrogens with zero attached hydrogens (tertiary/aromatic N) is 1. The smallest absolute Gasteiger partial charge is 0.219 e. The van der Waals surface area contributed by atoms with Crippen molar-refractivity contribution in [3.8, 4) is 11.6 Å². The van der Waals surface area contributed by atoms with Gasteiger partial charge in [-0.15, -0.1) is 0 Å². The maximum absolute atomic E-state index is 13.1. The molecule has 1 N–H and O–H groups in total. The molecule has 0 aliphatic carbocycles. The Hall–Kier alpha value is -1.65. The lowest BCUT2D eigenvalue weighted by Gasteiger charge is -2.10.